The molecule has 2 rings (SSSR count). The number of nitrogens with zero attached hydrogens (tertiary/aromatic N) is 2. The molecule has 1 unspecified atom stereocenters. The first-order valence-corrected chi connectivity index (χ1v) is 8.13. The number of benzene rings is 1. The molecular weight excluding hydrogens is 338 g/mol. The number of aromatic nitrogens is 2. The molecule has 1 heterocycles. The summed E-state index contributed by atoms with van der Waals surface area (Å²) in [5.74, 6) is -2.61. The Hall–Kier alpha value is -3.16. The van der Waals surface area contributed by atoms with Gasteiger partial charge in [-0.1, -0.05) is 26.0 Å². The van der Waals surface area contributed by atoms with E-state index in [1.54, 1.807) is 18.2 Å². The smallest absolute Gasteiger partial charge is 0.326 e. The van der Waals surface area contributed by atoms with E-state index in [9.17, 15) is 24.6 Å². The molecule has 0 aliphatic heterocycles. The van der Waals surface area contributed by atoms with Crippen LogP contribution in [0.25, 0.3) is 5.69 Å². The van der Waals surface area contributed by atoms with E-state index in [1.165, 1.54) is 0 Å². The number of carboxylic acids is 1. The molecule has 1 amide bonds. The zero-order valence-corrected chi connectivity index (χ0v) is 14.8. The van der Waals surface area contributed by atoms with Crippen molar-refractivity contribution < 1.29 is 19.8 Å². The summed E-state index contributed by atoms with van der Waals surface area (Å²) in [5.41, 5.74) is 0.293. The molecule has 0 saturated heterocycles. The molecule has 8 nitrogen and oxygen atoms in total. The van der Waals surface area contributed by atoms with Gasteiger partial charge in [0.2, 0.25) is 0 Å². The summed E-state index contributed by atoms with van der Waals surface area (Å²) < 4.78 is 0.986. The van der Waals surface area contributed by atoms with Gasteiger partial charge in [-0.2, -0.15) is 9.78 Å². The summed E-state index contributed by atoms with van der Waals surface area (Å²) in [6.45, 7) is 5.50. The van der Waals surface area contributed by atoms with Crippen molar-refractivity contribution in [3.8, 4) is 11.4 Å². The molecule has 0 aliphatic rings. The van der Waals surface area contributed by atoms with Crippen LogP contribution in [0, 0.1) is 12.8 Å². The van der Waals surface area contributed by atoms with Crippen molar-refractivity contribution in [3.63, 3.8) is 0 Å². The predicted octanol–water partition coefficient (Wildman–Crippen LogP) is 1.48. The van der Waals surface area contributed by atoms with Crippen LogP contribution in [0.15, 0.2) is 35.1 Å². The lowest BCUT2D eigenvalue weighted by atomic mass is 10.0. The van der Waals surface area contributed by atoms with Gasteiger partial charge in [0, 0.05) is 6.07 Å². The fraction of sp³-hybridized carbons (Fsp3) is 0.333. The lowest BCUT2D eigenvalue weighted by Crippen LogP contribution is -2.42. The normalized spacial score (nSPS) is 12.0. The maximum Gasteiger partial charge on any atom is 0.326 e. The van der Waals surface area contributed by atoms with E-state index in [0.29, 0.717) is 5.69 Å². The van der Waals surface area contributed by atoms with Gasteiger partial charge < -0.3 is 15.5 Å². The Balaban J connectivity index is 2.40. The lowest BCUT2D eigenvalue weighted by molar-refractivity contribution is -0.139. The van der Waals surface area contributed by atoms with Crippen molar-refractivity contribution in [2.45, 2.75) is 33.2 Å². The molecule has 0 fully saturated rings. The van der Waals surface area contributed by atoms with Crippen LogP contribution in [-0.4, -0.2) is 37.9 Å². The SMILES string of the molecule is Cc1cccc(-n2nc(C(=O)NC(CC(C)C)C(=O)O)c(O)cc2=O)c1. The van der Waals surface area contributed by atoms with E-state index in [1.807, 2.05) is 26.8 Å². The number of amides is 1. The largest absolute Gasteiger partial charge is 0.505 e. The summed E-state index contributed by atoms with van der Waals surface area (Å²) in [7, 11) is 0. The number of aliphatic carboxylic acids is 1. The van der Waals surface area contributed by atoms with E-state index in [2.05, 4.69) is 10.4 Å². The van der Waals surface area contributed by atoms with Crippen molar-refractivity contribution in [2.24, 2.45) is 5.92 Å². The summed E-state index contributed by atoms with van der Waals surface area (Å²) in [6, 6.07) is 6.66. The highest BCUT2D eigenvalue weighted by atomic mass is 16.4. The monoisotopic (exact) mass is 359 g/mol. The van der Waals surface area contributed by atoms with E-state index in [4.69, 9.17) is 0 Å². The summed E-state index contributed by atoms with van der Waals surface area (Å²) in [4.78, 5) is 35.8. The Morgan fingerprint density at radius 3 is 2.54 bits per heavy atom. The fourth-order valence-corrected chi connectivity index (χ4v) is 2.47. The van der Waals surface area contributed by atoms with Crippen LogP contribution >= 0.6 is 0 Å². The molecule has 26 heavy (non-hydrogen) atoms. The minimum atomic E-state index is -1.18. The van der Waals surface area contributed by atoms with Crippen LogP contribution in [0.1, 0.15) is 36.3 Å². The number of hydrogen-bond acceptors (Lipinski definition) is 5. The molecule has 0 aliphatic carbocycles. The quantitative estimate of drug-likeness (QED) is 0.718. The molecule has 138 valence electrons. The van der Waals surface area contributed by atoms with Gasteiger partial charge >= 0.3 is 5.97 Å². The number of aryl methyl sites for hydroxylation is 1. The Morgan fingerprint density at radius 2 is 1.96 bits per heavy atom. The molecule has 1 aromatic heterocycles. The molecule has 2 aromatic rings. The molecule has 1 aromatic carbocycles. The van der Waals surface area contributed by atoms with Crippen LogP contribution < -0.4 is 10.9 Å². The maximum atomic E-state index is 12.4. The Morgan fingerprint density at radius 1 is 1.27 bits per heavy atom. The molecule has 8 heteroatoms. The third-order valence-corrected chi connectivity index (χ3v) is 3.68. The van der Waals surface area contributed by atoms with Crippen LogP contribution in [0.3, 0.4) is 0 Å². The zero-order chi connectivity index (χ0) is 19.4. The topological polar surface area (TPSA) is 122 Å². The highest BCUT2D eigenvalue weighted by Gasteiger charge is 2.25. The number of carbonyl (C=O) groups is 2. The Bertz CT molecular complexity index is 889. The third kappa shape index (κ3) is 4.47. The molecule has 0 radical (unpaired) electrons. The number of carboxylic acid groups (broad SMARTS) is 1. The minimum Gasteiger partial charge on any atom is -0.505 e. The molecule has 3 N–H and O–H groups in total. The van der Waals surface area contributed by atoms with Gasteiger partial charge in [-0.05, 0) is 37.0 Å². The average Bonchev–Trinajstić information content (AvgIpc) is 2.53. The number of rotatable bonds is 6. The second-order valence-corrected chi connectivity index (χ2v) is 6.46. The van der Waals surface area contributed by atoms with Crippen LogP contribution in [0.4, 0.5) is 0 Å². The van der Waals surface area contributed by atoms with Gasteiger partial charge in [-0.15, -0.1) is 0 Å². The second-order valence-electron chi connectivity index (χ2n) is 6.46. The number of aromatic hydroxyl groups is 1. The third-order valence-electron chi connectivity index (χ3n) is 3.68. The van der Waals surface area contributed by atoms with Crippen molar-refractivity contribution in [2.75, 3.05) is 0 Å². The van der Waals surface area contributed by atoms with Crippen molar-refractivity contribution >= 4 is 11.9 Å². The first-order chi connectivity index (χ1) is 12.2. The Kier molecular flexibility index (Phi) is 5.76. The second kappa shape index (κ2) is 7.81. The number of carbonyl (C=O) groups excluding carboxylic acids is 1. The Labute approximate surface area is 150 Å². The zero-order valence-electron chi connectivity index (χ0n) is 14.8. The molecular formula is C18H21N3O5. The van der Waals surface area contributed by atoms with Gasteiger partial charge in [0.15, 0.2) is 11.4 Å². The van der Waals surface area contributed by atoms with E-state index in [-0.39, 0.29) is 12.3 Å². The van der Waals surface area contributed by atoms with Gasteiger partial charge in [0.25, 0.3) is 11.5 Å². The van der Waals surface area contributed by atoms with Gasteiger partial charge in [0.1, 0.15) is 6.04 Å². The number of nitrogens with one attached hydrogen (secondary N) is 1. The lowest BCUT2D eigenvalue weighted by Gasteiger charge is -2.17. The van der Waals surface area contributed by atoms with Crippen molar-refractivity contribution in [1.82, 2.24) is 15.1 Å². The summed E-state index contributed by atoms with van der Waals surface area (Å²) >= 11 is 0. The average molecular weight is 359 g/mol. The van der Waals surface area contributed by atoms with E-state index in [0.717, 1.165) is 16.3 Å². The standard InChI is InChI=1S/C18H21N3O5/c1-10(2)7-13(18(25)26)19-17(24)16-14(22)9-15(23)21(20-16)12-6-4-5-11(3)8-12/h4-6,8-10,13,22H,7H2,1-3H3,(H,19,24)(H,25,26). The molecule has 0 spiro atoms. The molecule has 1 atom stereocenters. The van der Waals surface area contributed by atoms with Crippen LogP contribution in [-0.2, 0) is 4.79 Å². The van der Waals surface area contributed by atoms with Crippen LogP contribution in [0.5, 0.6) is 5.75 Å². The van der Waals surface area contributed by atoms with Gasteiger partial charge in [-0.25, -0.2) is 4.79 Å². The number of hydrogen-bond donors (Lipinski definition) is 3. The van der Waals surface area contributed by atoms with Gasteiger partial charge in [-0.3, -0.25) is 9.59 Å². The summed E-state index contributed by atoms with van der Waals surface area (Å²) in [5, 5.41) is 25.4. The maximum absolute atomic E-state index is 12.4. The fourth-order valence-electron chi connectivity index (χ4n) is 2.47. The van der Waals surface area contributed by atoms with Crippen molar-refractivity contribution in [3.05, 3.63) is 51.9 Å². The van der Waals surface area contributed by atoms with Crippen molar-refractivity contribution in [1.29, 1.82) is 0 Å². The summed E-state index contributed by atoms with van der Waals surface area (Å²) in [6.07, 6.45) is 0.222. The van der Waals surface area contributed by atoms with E-state index < -0.39 is 34.9 Å². The highest BCUT2D eigenvalue weighted by Crippen LogP contribution is 2.14. The first kappa shape index (κ1) is 19.2. The highest BCUT2D eigenvalue weighted by molar-refractivity contribution is 5.96. The molecule has 0 saturated carbocycles. The predicted molar refractivity (Wildman–Crippen MR) is 94.6 cm³/mol. The van der Waals surface area contributed by atoms with Crippen LogP contribution in [0.2, 0.25) is 0 Å². The molecule has 0 bridgehead atoms. The van der Waals surface area contributed by atoms with E-state index >= 15 is 0 Å². The first-order valence-electron chi connectivity index (χ1n) is 8.13. The van der Waals surface area contributed by atoms with Gasteiger partial charge in [0.05, 0.1) is 5.69 Å². The minimum absolute atomic E-state index is 0.0409.